The molecule has 8 heteroatoms. The minimum absolute atomic E-state index is 0.116. The second-order valence-electron chi connectivity index (χ2n) is 10.6. The number of aromatic hydroxyl groups is 2. The van der Waals surface area contributed by atoms with E-state index in [0.29, 0.717) is 36.0 Å². The highest BCUT2D eigenvalue weighted by atomic mass is 16.6. The lowest BCUT2D eigenvalue weighted by molar-refractivity contribution is -0.170. The minimum Gasteiger partial charge on any atom is -0.507 e. The summed E-state index contributed by atoms with van der Waals surface area (Å²) in [5.41, 5.74) is 11.0. The van der Waals surface area contributed by atoms with Gasteiger partial charge in [0, 0.05) is 16.9 Å². The molecule has 0 saturated carbocycles. The highest BCUT2D eigenvalue weighted by Gasteiger charge is 2.47. The van der Waals surface area contributed by atoms with E-state index >= 15 is 0 Å². The van der Waals surface area contributed by atoms with Gasteiger partial charge in [-0.3, -0.25) is 4.79 Å². The first-order valence-corrected chi connectivity index (χ1v) is 12.6. The van der Waals surface area contributed by atoms with E-state index in [1.807, 2.05) is 63.2 Å². The maximum Gasteiger partial charge on any atom is 0.167 e. The number of nitrogens with zero attached hydrogens (tertiary/aromatic N) is 3. The molecule has 0 bridgehead atoms. The fraction of sp³-hybridized carbons (Fsp3) is 0.414. The van der Waals surface area contributed by atoms with Gasteiger partial charge >= 0.3 is 0 Å². The molecule has 1 aliphatic heterocycles. The third-order valence-electron chi connectivity index (χ3n) is 7.66. The molecule has 192 valence electrons. The standard InChI is InChI=1S/C29H31N3O5/c1-16-11-20-13-19-9-10-21(26(34)25(19)27(35)24(20)22(33)12-16)23-14-29(3,31-32-30)28(17(2)37-23)36-15-18-7-5-4-6-8-18/h4-10,13,16-17,23,28,34-35H,11-12,14-15H2,1-3H3/t16?,17-,23-,28+,29-/m0/s1. The number of hydrogen-bond acceptors (Lipinski definition) is 6. The van der Waals surface area contributed by atoms with Crippen LogP contribution in [0.5, 0.6) is 11.5 Å². The maximum absolute atomic E-state index is 12.7. The van der Waals surface area contributed by atoms with Crippen molar-refractivity contribution in [2.75, 3.05) is 0 Å². The van der Waals surface area contributed by atoms with Crippen LogP contribution in [-0.4, -0.2) is 33.7 Å². The quantitative estimate of drug-likeness (QED) is 0.234. The van der Waals surface area contributed by atoms with E-state index in [1.54, 1.807) is 6.07 Å². The predicted molar refractivity (Wildman–Crippen MR) is 140 cm³/mol. The molecule has 5 atom stereocenters. The fourth-order valence-corrected chi connectivity index (χ4v) is 5.96. The van der Waals surface area contributed by atoms with Crippen molar-refractivity contribution in [1.82, 2.24) is 0 Å². The second kappa shape index (κ2) is 9.71. The van der Waals surface area contributed by atoms with Gasteiger partial charge in [-0.05, 0) is 47.7 Å². The molecule has 0 amide bonds. The Balaban J connectivity index is 1.49. The van der Waals surface area contributed by atoms with E-state index in [-0.39, 0.29) is 35.0 Å². The monoisotopic (exact) mass is 501 g/mol. The van der Waals surface area contributed by atoms with Crippen molar-refractivity contribution < 1.29 is 24.5 Å². The molecule has 3 aromatic carbocycles. The molecule has 8 nitrogen and oxygen atoms in total. The van der Waals surface area contributed by atoms with E-state index in [1.165, 1.54) is 0 Å². The van der Waals surface area contributed by atoms with Crippen LogP contribution < -0.4 is 0 Å². The van der Waals surface area contributed by atoms with Crippen molar-refractivity contribution in [3.63, 3.8) is 0 Å². The molecule has 2 aliphatic rings. The second-order valence-corrected chi connectivity index (χ2v) is 10.6. The summed E-state index contributed by atoms with van der Waals surface area (Å²) in [6.45, 7) is 6.05. The fourth-order valence-electron chi connectivity index (χ4n) is 5.96. The van der Waals surface area contributed by atoms with Gasteiger partial charge in [0.25, 0.3) is 0 Å². The van der Waals surface area contributed by atoms with Crippen molar-refractivity contribution in [3.8, 4) is 11.5 Å². The number of ether oxygens (including phenoxy) is 2. The van der Waals surface area contributed by atoms with Gasteiger partial charge in [-0.25, -0.2) is 0 Å². The molecule has 1 unspecified atom stereocenters. The van der Waals surface area contributed by atoms with Crippen LogP contribution in [0.3, 0.4) is 0 Å². The maximum atomic E-state index is 12.7. The number of rotatable bonds is 5. The van der Waals surface area contributed by atoms with E-state index < -0.39 is 23.9 Å². The number of Topliss-reactive ketones (excluding diaryl/α,β-unsaturated/α-hetero) is 1. The summed E-state index contributed by atoms with van der Waals surface area (Å²) in [5.74, 6) is -0.227. The van der Waals surface area contributed by atoms with E-state index in [2.05, 4.69) is 10.0 Å². The smallest absolute Gasteiger partial charge is 0.167 e. The number of phenolic OH excluding ortho intramolecular Hbond substituents is 2. The lowest BCUT2D eigenvalue weighted by Crippen LogP contribution is -2.52. The number of hydrogen-bond donors (Lipinski definition) is 2. The SMILES string of the molecule is CC1CC(=O)c2c(cc3ccc([C@@H]4C[C@](C)(N=[N+]=[N-])[C@H](OCc5ccccc5)[C@H](C)O4)c(O)c3c2O)C1. The summed E-state index contributed by atoms with van der Waals surface area (Å²) >= 11 is 0. The predicted octanol–water partition coefficient (Wildman–Crippen LogP) is 6.52. The Bertz CT molecular complexity index is 1400. The Morgan fingerprint density at radius 1 is 1.14 bits per heavy atom. The van der Waals surface area contributed by atoms with Gasteiger partial charge in [-0.1, -0.05) is 67.5 Å². The largest absolute Gasteiger partial charge is 0.507 e. The molecule has 2 N–H and O–H groups in total. The highest BCUT2D eigenvalue weighted by Crippen LogP contribution is 2.48. The van der Waals surface area contributed by atoms with Crippen LogP contribution in [0.2, 0.25) is 0 Å². The normalized spacial score (nSPS) is 27.5. The summed E-state index contributed by atoms with van der Waals surface area (Å²) in [5, 5.41) is 27.5. The summed E-state index contributed by atoms with van der Waals surface area (Å²) < 4.78 is 12.5. The zero-order valence-electron chi connectivity index (χ0n) is 21.2. The lowest BCUT2D eigenvalue weighted by Gasteiger charge is -2.45. The molecule has 1 fully saturated rings. The summed E-state index contributed by atoms with van der Waals surface area (Å²) in [7, 11) is 0. The van der Waals surface area contributed by atoms with Crippen LogP contribution in [0, 0.1) is 5.92 Å². The molecular weight excluding hydrogens is 470 g/mol. The van der Waals surface area contributed by atoms with Crippen LogP contribution in [0.1, 0.15) is 66.8 Å². The number of phenols is 2. The van der Waals surface area contributed by atoms with Crippen molar-refractivity contribution in [1.29, 1.82) is 0 Å². The Morgan fingerprint density at radius 3 is 2.62 bits per heavy atom. The number of carbonyl (C=O) groups is 1. The number of ketones is 1. The molecule has 5 rings (SSSR count). The van der Waals surface area contributed by atoms with Crippen molar-refractivity contribution in [2.24, 2.45) is 11.0 Å². The number of azide groups is 1. The molecule has 1 saturated heterocycles. The topological polar surface area (TPSA) is 125 Å². The summed E-state index contributed by atoms with van der Waals surface area (Å²) in [4.78, 5) is 15.8. The van der Waals surface area contributed by atoms with Gasteiger partial charge < -0.3 is 19.7 Å². The number of carbonyl (C=O) groups excluding carboxylic acids is 1. The highest BCUT2D eigenvalue weighted by molar-refractivity contribution is 6.08. The lowest BCUT2D eigenvalue weighted by atomic mass is 9.80. The van der Waals surface area contributed by atoms with Crippen LogP contribution in [0.25, 0.3) is 21.2 Å². The summed E-state index contributed by atoms with van der Waals surface area (Å²) in [6.07, 6.45) is -0.244. The van der Waals surface area contributed by atoms with Crippen LogP contribution in [-0.2, 0) is 22.5 Å². The Kier molecular flexibility index (Phi) is 6.58. The molecule has 1 heterocycles. The van der Waals surface area contributed by atoms with Crippen molar-refractivity contribution in [2.45, 2.75) is 70.5 Å². The van der Waals surface area contributed by atoms with Gasteiger partial charge in [-0.2, -0.15) is 0 Å². The Hall–Kier alpha value is -3.58. The first-order valence-electron chi connectivity index (χ1n) is 12.6. The first kappa shape index (κ1) is 25.1. The Morgan fingerprint density at radius 2 is 1.89 bits per heavy atom. The molecule has 37 heavy (non-hydrogen) atoms. The van der Waals surface area contributed by atoms with Gasteiger partial charge in [0.1, 0.15) is 11.5 Å². The third kappa shape index (κ3) is 4.53. The minimum atomic E-state index is -0.947. The molecule has 0 spiro atoms. The zero-order chi connectivity index (χ0) is 26.3. The van der Waals surface area contributed by atoms with Crippen LogP contribution in [0.4, 0.5) is 0 Å². The first-order chi connectivity index (χ1) is 17.7. The van der Waals surface area contributed by atoms with Crippen LogP contribution in [0.15, 0.2) is 53.6 Å². The van der Waals surface area contributed by atoms with E-state index in [4.69, 9.17) is 9.47 Å². The van der Waals surface area contributed by atoms with Gasteiger partial charge in [-0.15, -0.1) is 0 Å². The van der Waals surface area contributed by atoms with Crippen LogP contribution >= 0.6 is 0 Å². The van der Waals surface area contributed by atoms with Crippen molar-refractivity contribution in [3.05, 3.63) is 81.2 Å². The molecule has 0 aromatic heterocycles. The molecule has 3 aromatic rings. The number of benzene rings is 3. The molecule has 0 radical (unpaired) electrons. The van der Waals surface area contributed by atoms with Gasteiger partial charge in [0.2, 0.25) is 0 Å². The van der Waals surface area contributed by atoms with Crippen molar-refractivity contribution >= 4 is 16.6 Å². The van der Waals surface area contributed by atoms with E-state index in [0.717, 1.165) is 11.1 Å². The number of fused-ring (bicyclic) bond motifs is 2. The molecule has 1 aliphatic carbocycles. The third-order valence-corrected chi connectivity index (χ3v) is 7.66. The van der Waals surface area contributed by atoms with E-state index in [9.17, 15) is 20.5 Å². The average molecular weight is 502 g/mol. The average Bonchev–Trinajstić information content (AvgIpc) is 2.83. The zero-order valence-corrected chi connectivity index (χ0v) is 21.2. The van der Waals surface area contributed by atoms with Gasteiger partial charge in [0.05, 0.1) is 41.4 Å². The van der Waals surface area contributed by atoms with Gasteiger partial charge in [0.15, 0.2) is 5.78 Å². The summed E-state index contributed by atoms with van der Waals surface area (Å²) in [6, 6.07) is 15.2. The molecular formula is C29H31N3O5. The Labute approximate surface area is 215 Å².